The van der Waals surface area contributed by atoms with Gasteiger partial charge in [0.25, 0.3) is 10.3 Å². The lowest BCUT2D eigenvalue weighted by Gasteiger charge is -2.22. The molecule has 0 aromatic rings. The molecule has 0 aliphatic carbocycles. The second kappa shape index (κ2) is 4.25. The minimum atomic E-state index is -1.72. The maximum absolute atomic E-state index is 10.3. The predicted octanol–water partition coefficient (Wildman–Crippen LogP) is 0.0677. The Labute approximate surface area is 66.2 Å². The van der Waals surface area contributed by atoms with Crippen LogP contribution in [-0.2, 0) is 19.3 Å². The first-order valence-electron chi connectivity index (χ1n) is 2.88. The van der Waals surface area contributed by atoms with Crippen molar-refractivity contribution in [3.63, 3.8) is 0 Å². The number of morpholine rings is 1. The molecule has 0 bridgehead atoms. The Balaban J connectivity index is 2.19. The minimum absolute atomic E-state index is 0.605. The minimum Gasteiger partial charge on any atom is -0.379 e. The smallest absolute Gasteiger partial charge is 0.273 e. The largest absolute Gasteiger partial charge is 0.379 e. The predicted molar refractivity (Wildman–Crippen MR) is 37.5 cm³/mol. The molecule has 0 radical (unpaired) electrons. The summed E-state index contributed by atoms with van der Waals surface area (Å²) in [4.78, 5) is 0. The average Bonchev–Trinajstić information content (AvgIpc) is 1.88. The van der Waals surface area contributed by atoms with Crippen molar-refractivity contribution in [3.05, 3.63) is 0 Å². The van der Waals surface area contributed by atoms with Crippen molar-refractivity contribution in [3.8, 4) is 0 Å². The number of nitrogens with zero attached hydrogens (tertiary/aromatic N) is 1. The standard InChI is InChI=1S/C4H8ClNO3S/c5-10(7)9-6-1-3-8-4-2-6/h1-4H2. The Kier molecular flexibility index (Phi) is 3.58. The van der Waals surface area contributed by atoms with Gasteiger partial charge in [-0.15, -0.1) is 0 Å². The van der Waals surface area contributed by atoms with E-state index in [1.54, 1.807) is 0 Å². The quantitative estimate of drug-likeness (QED) is 0.571. The Bertz CT molecular complexity index is 128. The molecule has 0 amide bonds. The SMILES string of the molecule is O=S(Cl)ON1CCOCC1. The Morgan fingerprint density at radius 1 is 1.50 bits per heavy atom. The van der Waals surface area contributed by atoms with Crippen LogP contribution in [0.5, 0.6) is 0 Å². The first-order valence-corrected chi connectivity index (χ1v) is 4.78. The molecule has 0 spiro atoms. The second-order valence-electron chi connectivity index (χ2n) is 1.81. The van der Waals surface area contributed by atoms with E-state index in [1.165, 1.54) is 5.06 Å². The molecule has 0 N–H and O–H groups in total. The summed E-state index contributed by atoms with van der Waals surface area (Å²) in [7, 11) is 3.36. The molecule has 1 saturated heterocycles. The molecule has 10 heavy (non-hydrogen) atoms. The summed E-state index contributed by atoms with van der Waals surface area (Å²) in [6, 6.07) is 0. The number of hydrogen-bond donors (Lipinski definition) is 0. The van der Waals surface area contributed by atoms with E-state index in [0.29, 0.717) is 26.3 Å². The van der Waals surface area contributed by atoms with E-state index in [-0.39, 0.29) is 0 Å². The van der Waals surface area contributed by atoms with Gasteiger partial charge in [0, 0.05) is 23.8 Å². The monoisotopic (exact) mass is 185 g/mol. The van der Waals surface area contributed by atoms with Crippen LogP contribution in [-0.4, -0.2) is 35.6 Å². The van der Waals surface area contributed by atoms with E-state index in [4.69, 9.17) is 15.4 Å². The molecule has 1 aliphatic heterocycles. The molecule has 1 unspecified atom stereocenters. The summed E-state index contributed by atoms with van der Waals surface area (Å²) in [5.41, 5.74) is 0. The molecule has 1 atom stereocenters. The number of hydrogen-bond acceptors (Lipinski definition) is 4. The fraction of sp³-hybridized carbons (Fsp3) is 1.00. The van der Waals surface area contributed by atoms with E-state index in [1.807, 2.05) is 0 Å². The van der Waals surface area contributed by atoms with E-state index in [2.05, 4.69) is 4.28 Å². The lowest BCUT2D eigenvalue weighted by molar-refractivity contribution is -0.107. The Morgan fingerprint density at radius 2 is 2.10 bits per heavy atom. The Hall–Kier alpha value is 0.320. The van der Waals surface area contributed by atoms with Crippen molar-refractivity contribution in [1.82, 2.24) is 5.06 Å². The average molecular weight is 186 g/mol. The fourth-order valence-electron chi connectivity index (χ4n) is 0.704. The Morgan fingerprint density at radius 3 is 2.60 bits per heavy atom. The van der Waals surface area contributed by atoms with Crippen molar-refractivity contribution in [1.29, 1.82) is 0 Å². The number of hydroxylamine groups is 2. The summed E-state index contributed by atoms with van der Waals surface area (Å²) in [6.07, 6.45) is 0. The van der Waals surface area contributed by atoms with E-state index in [0.717, 1.165) is 0 Å². The van der Waals surface area contributed by atoms with Gasteiger partial charge in [-0.25, -0.2) is 4.21 Å². The lowest BCUT2D eigenvalue weighted by Crippen LogP contribution is -2.36. The number of halogens is 1. The van der Waals surface area contributed by atoms with Gasteiger partial charge in [-0.05, 0) is 0 Å². The highest BCUT2D eigenvalue weighted by Gasteiger charge is 2.12. The third-order valence-electron chi connectivity index (χ3n) is 1.13. The number of rotatable bonds is 2. The highest BCUT2D eigenvalue weighted by Crippen LogP contribution is 2.01. The van der Waals surface area contributed by atoms with Gasteiger partial charge in [-0.3, -0.25) is 0 Å². The van der Waals surface area contributed by atoms with Gasteiger partial charge >= 0.3 is 0 Å². The summed E-state index contributed by atoms with van der Waals surface area (Å²) in [5, 5.41) is 1.53. The van der Waals surface area contributed by atoms with Crippen LogP contribution in [0.25, 0.3) is 0 Å². The lowest BCUT2D eigenvalue weighted by atomic mass is 10.5. The zero-order chi connectivity index (χ0) is 7.40. The first kappa shape index (κ1) is 8.42. The highest BCUT2D eigenvalue weighted by molar-refractivity contribution is 8.04. The molecule has 6 heteroatoms. The van der Waals surface area contributed by atoms with Crippen LogP contribution < -0.4 is 0 Å². The molecule has 1 heterocycles. The molecule has 0 aromatic heterocycles. The van der Waals surface area contributed by atoms with Crippen LogP contribution in [0.3, 0.4) is 0 Å². The van der Waals surface area contributed by atoms with E-state index >= 15 is 0 Å². The van der Waals surface area contributed by atoms with Crippen LogP contribution in [0.2, 0.25) is 0 Å². The van der Waals surface area contributed by atoms with Gasteiger partial charge in [0.05, 0.1) is 13.2 Å². The number of ether oxygens (including phenoxy) is 1. The molecule has 0 saturated carbocycles. The summed E-state index contributed by atoms with van der Waals surface area (Å²) in [5.74, 6) is 0. The molecule has 1 fully saturated rings. The summed E-state index contributed by atoms with van der Waals surface area (Å²) >= 11 is 0. The summed E-state index contributed by atoms with van der Waals surface area (Å²) < 4.78 is 20.0. The molecule has 1 rings (SSSR count). The van der Waals surface area contributed by atoms with Gasteiger partial charge in [0.2, 0.25) is 0 Å². The van der Waals surface area contributed by atoms with Gasteiger partial charge < -0.3 is 4.74 Å². The fourth-order valence-corrected chi connectivity index (χ4v) is 1.26. The summed E-state index contributed by atoms with van der Waals surface area (Å²) in [6.45, 7) is 2.46. The zero-order valence-corrected chi connectivity index (χ0v) is 6.86. The normalized spacial score (nSPS) is 24.5. The van der Waals surface area contributed by atoms with Gasteiger partial charge in [-0.1, -0.05) is 0 Å². The van der Waals surface area contributed by atoms with Crippen LogP contribution in [0, 0.1) is 0 Å². The van der Waals surface area contributed by atoms with Crippen LogP contribution >= 0.6 is 10.7 Å². The first-order chi connectivity index (χ1) is 4.79. The maximum Gasteiger partial charge on any atom is 0.273 e. The molecule has 1 aliphatic rings. The highest BCUT2D eigenvalue weighted by atomic mass is 35.7. The van der Waals surface area contributed by atoms with Crippen LogP contribution in [0.4, 0.5) is 0 Å². The van der Waals surface area contributed by atoms with Crippen LogP contribution in [0.1, 0.15) is 0 Å². The third-order valence-corrected chi connectivity index (χ3v) is 1.63. The molecular formula is C4H8ClNO3S. The van der Waals surface area contributed by atoms with Crippen LogP contribution in [0.15, 0.2) is 0 Å². The second-order valence-corrected chi connectivity index (χ2v) is 3.10. The van der Waals surface area contributed by atoms with Crippen molar-refractivity contribution >= 4 is 21.0 Å². The molecule has 60 valence electrons. The van der Waals surface area contributed by atoms with Crippen molar-refractivity contribution in [2.24, 2.45) is 0 Å². The topological polar surface area (TPSA) is 38.8 Å². The zero-order valence-electron chi connectivity index (χ0n) is 5.29. The van der Waals surface area contributed by atoms with E-state index in [9.17, 15) is 4.21 Å². The van der Waals surface area contributed by atoms with Crippen molar-refractivity contribution in [2.75, 3.05) is 26.3 Å². The van der Waals surface area contributed by atoms with Gasteiger partial charge in [0.15, 0.2) is 0 Å². The van der Waals surface area contributed by atoms with Gasteiger partial charge in [0.1, 0.15) is 0 Å². The molecule has 4 nitrogen and oxygen atoms in total. The van der Waals surface area contributed by atoms with Crippen molar-refractivity contribution < 1.29 is 13.2 Å². The third kappa shape index (κ3) is 2.94. The molecular weight excluding hydrogens is 178 g/mol. The maximum atomic E-state index is 10.3. The van der Waals surface area contributed by atoms with Gasteiger partial charge in [-0.2, -0.15) is 9.35 Å². The molecule has 0 aromatic carbocycles. The van der Waals surface area contributed by atoms with E-state index < -0.39 is 10.3 Å². The van der Waals surface area contributed by atoms with Crippen molar-refractivity contribution in [2.45, 2.75) is 0 Å².